The third kappa shape index (κ3) is 3.74. The zero-order valence-electron chi connectivity index (χ0n) is 11.6. The summed E-state index contributed by atoms with van der Waals surface area (Å²) in [5.74, 6) is 0.221. The number of hydrogen-bond acceptors (Lipinski definition) is 4. The summed E-state index contributed by atoms with van der Waals surface area (Å²) < 4.78 is 0. The molecule has 20 heavy (non-hydrogen) atoms. The summed E-state index contributed by atoms with van der Waals surface area (Å²) in [6.45, 7) is 2.61. The van der Waals surface area contributed by atoms with Crippen LogP contribution in [0, 0.1) is 5.92 Å². The third-order valence-corrected chi connectivity index (χ3v) is 3.81. The van der Waals surface area contributed by atoms with Crippen LogP contribution in [0.25, 0.3) is 0 Å². The van der Waals surface area contributed by atoms with Crippen LogP contribution in [0.1, 0.15) is 24.1 Å². The number of nitrogens with two attached hydrogens (primary N) is 1. The van der Waals surface area contributed by atoms with Crippen molar-refractivity contribution in [3.8, 4) is 0 Å². The van der Waals surface area contributed by atoms with Crippen molar-refractivity contribution in [3.05, 3.63) is 29.6 Å². The van der Waals surface area contributed by atoms with Gasteiger partial charge in [-0.3, -0.25) is 14.7 Å². The molecule has 0 bridgehead atoms. The molecule has 1 atom stereocenters. The molecule has 1 amide bonds. The monoisotopic (exact) mass is 292 g/mol. The molecule has 1 unspecified atom stereocenters. The van der Waals surface area contributed by atoms with Gasteiger partial charge in [0.05, 0.1) is 11.6 Å². The highest BCUT2D eigenvalue weighted by Gasteiger charge is 2.24. The smallest absolute Gasteiger partial charge is 0.224 e. The fourth-order valence-electron chi connectivity index (χ4n) is 2.58. The Bertz CT molecular complexity index is 506. The van der Waals surface area contributed by atoms with Crippen LogP contribution in [0.3, 0.4) is 0 Å². The number of piperidine rings is 1. The maximum atomic E-state index is 11.7. The first-order valence-corrected chi connectivity index (χ1v) is 7.19. The van der Waals surface area contributed by atoms with Gasteiger partial charge >= 0.3 is 0 Å². The lowest BCUT2D eigenvalue weighted by Gasteiger charge is -2.31. The van der Waals surface area contributed by atoms with Gasteiger partial charge in [0, 0.05) is 26.3 Å². The van der Waals surface area contributed by atoms with E-state index in [4.69, 9.17) is 18.0 Å². The Morgan fingerprint density at radius 2 is 2.45 bits per heavy atom. The van der Waals surface area contributed by atoms with E-state index in [0.717, 1.165) is 38.0 Å². The van der Waals surface area contributed by atoms with E-state index in [0.29, 0.717) is 10.7 Å². The van der Waals surface area contributed by atoms with Gasteiger partial charge < -0.3 is 11.1 Å². The SMILES string of the molecule is CNC(=O)C1CCCN(Cc2ccnc(C(N)=S)c2)C1. The third-order valence-electron chi connectivity index (χ3n) is 3.61. The summed E-state index contributed by atoms with van der Waals surface area (Å²) in [5.41, 5.74) is 7.37. The van der Waals surface area contributed by atoms with Gasteiger partial charge in [0.15, 0.2) is 0 Å². The minimum atomic E-state index is 0.0886. The van der Waals surface area contributed by atoms with Gasteiger partial charge in [-0.2, -0.15) is 0 Å². The first kappa shape index (κ1) is 14.9. The van der Waals surface area contributed by atoms with Crippen LogP contribution in [-0.4, -0.2) is 40.9 Å². The van der Waals surface area contributed by atoms with E-state index in [9.17, 15) is 4.79 Å². The van der Waals surface area contributed by atoms with E-state index in [1.807, 2.05) is 12.1 Å². The highest BCUT2D eigenvalue weighted by molar-refractivity contribution is 7.80. The van der Waals surface area contributed by atoms with Crippen LogP contribution in [0.15, 0.2) is 18.3 Å². The van der Waals surface area contributed by atoms with Crippen LogP contribution in [0.5, 0.6) is 0 Å². The zero-order chi connectivity index (χ0) is 14.5. The number of likely N-dealkylation sites (tertiary alicyclic amines) is 1. The van der Waals surface area contributed by atoms with Gasteiger partial charge in [0.2, 0.25) is 5.91 Å². The average molecular weight is 292 g/mol. The van der Waals surface area contributed by atoms with Crippen molar-refractivity contribution in [2.24, 2.45) is 11.7 Å². The second kappa shape index (κ2) is 6.76. The predicted molar refractivity (Wildman–Crippen MR) is 82.2 cm³/mol. The largest absolute Gasteiger partial charge is 0.388 e. The number of pyridine rings is 1. The number of amides is 1. The minimum Gasteiger partial charge on any atom is -0.388 e. The molecule has 0 aliphatic carbocycles. The van der Waals surface area contributed by atoms with E-state index in [1.165, 1.54) is 0 Å². The van der Waals surface area contributed by atoms with E-state index < -0.39 is 0 Å². The topological polar surface area (TPSA) is 71.2 Å². The standard InChI is InChI=1S/C14H20N4OS/c1-16-14(19)11-3-2-6-18(9-11)8-10-4-5-17-12(7-10)13(15)20/h4-5,7,11H,2-3,6,8-9H2,1H3,(H2,15,20)(H,16,19). The highest BCUT2D eigenvalue weighted by Crippen LogP contribution is 2.18. The maximum Gasteiger partial charge on any atom is 0.224 e. The summed E-state index contributed by atoms with van der Waals surface area (Å²) in [4.78, 5) is 18.5. The quantitative estimate of drug-likeness (QED) is 0.798. The second-order valence-electron chi connectivity index (χ2n) is 5.10. The molecule has 108 valence electrons. The van der Waals surface area contributed by atoms with Crippen LogP contribution in [0.2, 0.25) is 0 Å². The fraction of sp³-hybridized carbons (Fsp3) is 0.500. The van der Waals surface area contributed by atoms with Crippen molar-refractivity contribution in [2.75, 3.05) is 20.1 Å². The lowest BCUT2D eigenvalue weighted by Crippen LogP contribution is -2.41. The van der Waals surface area contributed by atoms with Crippen LogP contribution < -0.4 is 11.1 Å². The van der Waals surface area contributed by atoms with Gasteiger partial charge in [-0.1, -0.05) is 12.2 Å². The first-order chi connectivity index (χ1) is 9.60. The van der Waals surface area contributed by atoms with Crippen molar-refractivity contribution in [1.29, 1.82) is 0 Å². The molecule has 0 saturated carbocycles. The molecule has 0 spiro atoms. The van der Waals surface area contributed by atoms with E-state index in [2.05, 4.69) is 15.2 Å². The lowest BCUT2D eigenvalue weighted by atomic mass is 9.97. The molecule has 1 aromatic rings. The first-order valence-electron chi connectivity index (χ1n) is 6.79. The summed E-state index contributed by atoms with van der Waals surface area (Å²) in [6.07, 6.45) is 3.74. The fourth-order valence-corrected chi connectivity index (χ4v) is 2.69. The molecule has 1 fully saturated rings. The van der Waals surface area contributed by atoms with Gasteiger partial charge in [0.1, 0.15) is 4.99 Å². The molecule has 2 rings (SSSR count). The number of thiocarbonyl (C=S) groups is 1. The number of carbonyl (C=O) groups is 1. The Balaban J connectivity index is 2.00. The molecule has 1 aromatic heterocycles. The van der Waals surface area contributed by atoms with E-state index in [-0.39, 0.29) is 11.8 Å². The van der Waals surface area contributed by atoms with Crippen molar-refractivity contribution in [2.45, 2.75) is 19.4 Å². The highest BCUT2D eigenvalue weighted by atomic mass is 32.1. The van der Waals surface area contributed by atoms with Gasteiger partial charge in [-0.15, -0.1) is 0 Å². The molecule has 6 heteroatoms. The summed E-state index contributed by atoms with van der Waals surface area (Å²) >= 11 is 4.94. The van der Waals surface area contributed by atoms with E-state index >= 15 is 0 Å². The predicted octanol–water partition coefficient (Wildman–Crippen LogP) is 0.674. The number of aromatic nitrogens is 1. The lowest BCUT2D eigenvalue weighted by molar-refractivity contribution is -0.126. The number of nitrogens with one attached hydrogen (secondary N) is 1. The number of nitrogens with zero attached hydrogens (tertiary/aromatic N) is 2. The van der Waals surface area contributed by atoms with Crippen molar-refractivity contribution < 1.29 is 4.79 Å². The summed E-state index contributed by atoms with van der Waals surface area (Å²) in [6, 6.07) is 3.89. The molecule has 0 radical (unpaired) electrons. The van der Waals surface area contributed by atoms with Gasteiger partial charge in [0.25, 0.3) is 0 Å². The van der Waals surface area contributed by atoms with Crippen molar-refractivity contribution >= 4 is 23.1 Å². The molecule has 1 aliphatic heterocycles. The molecular formula is C14H20N4OS. The zero-order valence-corrected chi connectivity index (χ0v) is 12.4. The number of rotatable bonds is 4. The number of hydrogen-bond donors (Lipinski definition) is 2. The molecular weight excluding hydrogens is 272 g/mol. The minimum absolute atomic E-state index is 0.0886. The molecule has 2 heterocycles. The van der Waals surface area contributed by atoms with Gasteiger partial charge in [-0.05, 0) is 37.1 Å². The summed E-state index contributed by atoms with van der Waals surface area (Å²) in [7, 11) is 1.69. The number of carbonyl (C=O) groups excluding carboxylic acids is 1. The van der Waals surface area contributed by atoms with Crippen LogP contribution in [0.4, 0.5) is 0 Å². The second-order valence-corrected chi connectivity index (χ2v) is 5.54. The Labute approximate surface area is 124 Å². The average Bonchev–Trinajstić information content (AvgIpc) is 2.47. The molecule has 3 N–H and O–H groups in total. The molecule has 1 saturated heterocycles. The maximum absolute atomic E-state index is 11.7. The molecule has 0 aromatic carbocycles. The van der Waals surface area contributed by atoms with Crippen LogP contribution in [-0.2, 0) is 11.3 Å². The van der Waals surface area contributed by atoms with Crippen molar-refractivity contribution in [3.63, 3.8) is 0 Å². The Hall–Kier alpha value is -1.53. The molecule has 5 nitrogen and oxygen atoms in total. The van der Waals surface area contributed by atoms with E-state index in [1.54, 1.807) is 13.2 Å². The Kier molecular flexibility index (Phi) is 5.03. The van der Waals surface area contributed by atoms with Crippen molar-refractivity contribution in [1.82, 2.24) is 15.2 Å². The Morgan fingerprint density at radius 1 is 1.65 bits per heavy atom. The normalized spacial score (nSPS) is 19.6. The van der Waals surface area contributed by atoms with Crippen LogP contribution >= 0.6 is 12.2 Å². The molecule has 1 aliphatic rings. The summed E-state index contributed by atoms with van der Waals surface area (Å²) in [5, 5.41) is 2.73. The van der Waals surface area contributed by atoms with Gasteiger partial charge in [-0.25, -0.2) is 0 Å². The Morgan fingerprint density at radius 3 is 3.15 bits per heavy atom.